The van der Waals surface area contributed by atoms with Crippen LogP contribution >= 0.6 is 35.3 Å². The third-order valence-corrected chi connectivity index (χ3v) is 6.67. The van der Waals surface area contributed by atoms with Gasteiger partial charge in [0.25, 0.3) is 10.0 Å². The Kier molecular flexibility index (Phi) is 7.57. The van der Waals surface area contributed by atoms with Gasteiger partial charge in [0.1, 0.15) is 4.21 Å². The lowest BCUT2D eigenvalue weighted by Gasteiger charge is -2.19. The van der Waals surface area contributed by atoms with E-state index in [1.807, 2.05) is 0 Å². The lowest BCUT2D eigenvalue weighted by atomic mass is 10.0. The molecule has 1 aliphatic rings. The first-order valence-electron chi connectivity index (χ1n) is 6.67. The molecule has 1 fully saturated rings. The van der Waals surface area contributed by atoms with E-state index >= 15 is 0 Å². The van der Waals surface area contributed by atoms with Gasteiger partial charge in [-0.1, -0.05) is 18.0 Å². The van der Waals surface area contributed by atoms with Gasteiger partial charge in [0, 0.05) is 6.04 Å². The number of carbonyl (C=O) groups excluding carboxylic acids is 1. The molecule has 1 heterocycles. The quantitative estimate of drug-likeness (QED) is 0.685. The van der Waals surface area contributed by atoms with Gasteiger partial charge in [-0.3, -0.25) is 4.79 Å². The number of nitrogens with two attached hydrogens (primary N) is 1. The largest absolute Gasteiger partial charge is 0.352 e. The Hall–Kier alpha value is -0.380. The van der Waals surface area contributed by atoms with Crippen molar-refractivity contribution in [2.24, 2.45) is 11.7 Å². The predicted molar refractivity (Wildman–Crippen MR) is 90.1 cm³/mol. The van der Waals surface area contributed by atoms with Gasteiger partial charge in [0.05, 0.1) is 10.9 Å². The van der Waals surface area contributed by atoms with Crippen LogP contribution in [0, 0.1) is 5.92 Å². The predicted octanol–water partition coefficient (Wildman–Crippen LogP) is 1.35. The fourth-order valence-corrected chi connectivity index (χ4v) is 4.95. The van der Waals surface area contributed by atoms with E-state index in [9.17, 15) is 13.2 Å². The number of carbonyl (C=O) groups is 1. The lowest BCUT2D eigenvalue weighted by molar-refractivity contribution is -0.120. The highest BCUT2D eigenvalue weighted by molar-refractivity contribution is 7.91. The molecule has 2 unspecified atom stereocenters. The average molecular weight is 388 g/mol. The molecule has 2 atom stereocenters. The van der Waals surface area contributed by atoms with Crippen LogP contribution in [0.4, 0.5) is 0 Å². The monoisotopic (exact) mass is 387 g/mol. The molecule has 0 spiro atoms. The van der Waals surface area contributed by atoms with E-state index in [0.717, 1.165) is 30.6 Å². The first-order valence-corrected chi connectivity index (χ1v) is 9.34. The van der Waals surface area contributed by atoms with Crippen molar-refractivity contribution in [1.82, 2.24) is 10.0 Å². The number of sulfonamides is 1. The third kappa shape index (κ3) is 5.07. The number of halogens is 2. The summed E-state index contributed by atoms with van der Waals surface area (Å²) in [5.41, 5.74) is 5.65. The van der Waals surface area contributed by atoms with Gasteiger partial charge >= 0.3 is 0 Å². The first-order chi connectivity index (χ1) is 9.92. The van der Waals surface area contributed by atoms with Gasteiger partial charge in [-0.05, 0) is 37.4 Å². The Labute approximate surface area is 145 Å². The highest BCUT2D eigenvalue weighted by Gasteiger charge is 2.27. The Balaban J connectivity index is 0.00000242. The molecule has 0 aliphatic heterocycles. The molecule has 1 aromatic heterocycles. The zero-order valence-corrected chi connectivity index (χ0v) is 15.0. The molecule has 0 bridgehead atoms. The maximum atomic E-state index is 11.9. The maximum absolute atomic E-state index is 11.9. The van der Waals surface area contributed by atoms with E-state index in [2.05, 4.69) is 10.0 Å². The van der Waals surface area contributed by atoms with Crippen molar-refractivity contribution >= 4 is 51.3 Å². The molecule has 1 amide bonds. The summed E-state index contributed by atoms with van der Waals surface area (Å²) in [6.45, 7) is 0.246. The van der Waals surface area contributed by atoms with Crippen LogP contribution in [0.5, 0.6) is 0 Å². The molecule has 22 heavy (non-hydrogen) atoms. The summed E-state index contributed by atoms with van der Waals surface area (Å²) in [4.78, 5) is 11.8. The lowest BCUT2D eigenvalue weighted by Crippen LogP contribution is -2.44. The smallest absolute Gasteiger partial charge is 0.250 e. The molecule has 0 aromatic carbocycles. The second kappa shape index (κ2) is 8.47. The molecular weight excluding hydrogens is 369 g/mol. The minimum Gasteiger partial charge on any atom is -0.352 e. The Bertz CT molecular complexity index is 607. The molecule has 4 N–H and O–H groups in total. The molecule has 1 aliphatic carbocycles. The molecule has 2 rings (SSSR count). The van der Waals surface area contributed by atoms with Gasteiger partial charge in [-0.15, -0.1) is 23.7 Å². The van der Waals surface area contributed by atoms with E-state index in [1.54, 1.807) is 0 Å². The fraction of sp³-hybridized carbons (Fsp3) is 0.583. The SMILES string of the molecule is Cl.NCC1CCCC1NC(=O)CNS(=O)(=O)c1ccc(Cl)s1. The second-order valence-corrected chi connectivity index (χ2v) is 8.69. The summed E-state index contributed by atoms with van der Waals surface area (Å²) < 4.78 is 26.7. The van der Waals surface area contributed by atoms with E-state index in [1.165, 1.54) is 12.1 Å². The van der Waals surface area contributed by atoms with Crippen molar-refractivity contribution < 1.29 is 13.2 Å². The zero-order chi connectivity index (χ0) is 15.5. The number of thiophene rings is 1. The van der Waals surface area contributed by atoms with Crippen LogP contribution in [0.15, 0.2) is 16.3 Å². The molecule has 0 radical (unpaired) electrons. The summed E-state index contributed by atoms with van der Waals surface area (Å²) >= 11 is 6.66. The third-order valence-electron chi connectivity index (χ3n) is 3.54. The number of rotatable bonds is 6. The number of nitrogens with one attached hydrogen (secondary N) is 2. The standard InChI is InChI=1S/C12H18ClN3O3S2.ClH/c13-10-4-5-12(20-10)21(18,19)15-7-11(17)16-9-3-1-2-8(9)6-14;/h4-5,8-9,15H,1-3,6-7,14H2,(H,16,17);1H. The number of hydrogen-bond acceptors (Lipinski definition) is 5. The molecule has 10 heteroatoms. The summed E-state index contributed by atoms with van der Waals surface area (Å²) in [6, 6.07) is 2.96. The van der Waals surface area contributed by atoms with E-state index in [4.69, 9.17) is 17.3 Å². The molecule has 126 valence electrons. The maximum Gasteiger partial charge on any atom is 0.250 e. The Morgan fingerprint density at radius 2 is 2.14 bits per heavy atom. The number of amides is 1. The first kappa shape index (κ1) is 19.7. The van der Waals surface area contributed by atoms with Gasteiger partial charge in [-0.25, -0.2) is 13.1 Å². The van der Waals surface area contributed by atoms with Crippen LogP contribution in [-0.4, -0.2) is 33.5 Å². The minimum absolute atomic E-state index is 0. The van der Waals surface area contributed by atoms with Crippen LogP contribution < -0.4 is 15.8 Å². The van der Waals surface area contributed by atoms with E-state index in [0.29, 0.717) is 10.9 Å². The van der Waals surface area contributed by atoms with E-state index < -0.39 is 10.0 Å². The Morgan fingerprint density at radius 1 is 1.41 bits per heavy atom. The van der Waals surface area contributed by atoms with Crippen molar-refractivity contribution in [3.8, 4) is 0 Å². The zero-order valence-electron chi connectivity index (χ0n) is 11.7. The van der Waals surface area contributed by atoms with Gasteiger partial charge < -0.3 is 11.1 Å². The van der Waals surface area contributed by atoms with Crippen LogP contribution in [0.3, 0.4) is 0 Å². The van der Waals surface area contributed by atoms with Crippen LogP contribution in [0.25, 0.3) is 0 Å². The second-order valence-electron chi connectivity index (χ2n) is 4.98. The van der Waals surface area contributed by atoms with Crippen molar-refractivity contribution in [3.05, 3.63) is 16.5 Å². The highest BCUT2D eigenvalue weighted by atomic mass is 35.5. The summed E-state index contributed by atoms with van der Waals surface area (Å²) in [7, 11) is -3.69. The van der Waals surface area contributed by atoms with Crippen molar-refractivity contribution in [1.29, 1.82) is 0 Å². The Morgan fingerprint density at radius 3 is 2.73 bits per heavy atom. The van der Waals surface area contributed by atoms with Gasteiger partial charge in [0.2, 0.25) is 5.91 Å². The van der Waals surface area contributed by atoms with Crippen molar-refractivity contribution in [2.45, 2.75) is 29.5 Å². The fourth-order valence-electron chi connectivity index (χ4n) is 2.44. The summed E-state index contributed by atoms with van der Waals surface area (Å²) in [5, 5.41) is 2.84. The average Bonchev–Trinajstić information content (AvgIpc) is 3.05. The molecule has 1 aromatic rings. The topological polar surface area (TPSA) is 101 Å². The molecular formula is C12H19Cl2N3O3S2. The van der Waals surface area contributed by atoms with Gasteiger partial charge in [-0.2, -0.15) is 0 Å². The summed E-state index contributed by atoms with van der Waals surface area (Å²) in [6.07, 6.45) is 2.92. The van der Waals surface area contributed by atoms with Crippen molar-refractivity contribution in [2.75, 3.05) is 13.1 Å². The van der Waals surface area contributed by atoms with Crippen LogP contribution in [0.2, 0.25) is 4.34 Å². The number of hydrogen-bond donors (Lipinski definition) is 3. The van der Waals surface area contributed by atoms with Crippen LogP contribution in [-0.2, 0) is 14.8 Å². The minimum atomic E-state index is -3.69. The van der Waals surface area contributed by atoms with Crippen LogP contribution in [0.1, 0.15) is 19.3 Å². The van der Waals surface area contributed by atoms with Crippen molar-refractivity contribution in [3.63, 3.8) is 0 Å². The normalized spacial score (nSPS) is 21.4. The summed E-state index contributed by atoms with van der Waals surface area (Å²) in [5.74, 6) is -0.0618. The molecule has 0 saturated heterocycles. The molecule has 6 nitrogen and oxygen atoms in total. The van der Waals surface area contributed by atoms with Gasteiger partial charge in [0.15, 0.2) is 0 Å². The molecule has 1 saturated carbocycles. The van der Waals surface area contributed by atoms with E-state index in [-0.39, 0.29) is 41.0 Å². The highest BCUT2D eigenvalue weighted by Crippen LogP contribution is 2.25.